The van der Waals surface area contributed by atoms with E-state index in [0.29, 0.717) is 17.4 Å². The van der Waals surface area contributed by atoms with Gasteiger partial charge in [-0.1, -0.05) is 25.1 Å². The first-order chi connectivity index (χ1) is 12.1. The summed E-state index contributed by atoms with van der Waals surface area (Å²) in [5.41, 5.74) is 0.637. The Bertz CT molecular complexity index is 785. The second-order valence-corrected chi connectivity index (χ2v) is 7.05. The molecule has 2 aromatic rings. The molecule has 2 aromatic carbocycles. The number of benzene rings is 2. The molecule has 25 heavy (non-hydrogen) atoms. The Morgan fingerprint density at radius 1 is 0.840 bits per heavy atom. The molecule has 0 aromatic heterocycles. The number of nitrogens with zero attached hydrogens (tertiary/aromatic N) is 1. The molecule has 4 nitrogen and oxygen atoms in total. The monoisotopic (exact) mass is 335 g/mol. The zero-order valence-electron chi connectivity index (χ0n) is 14.2. The van der Waals surface area contributed by atoms with Crippen LogP contribution in [0.25, 0.3) is 0 Å². The number of imide groups is 1. The molecule has 0 bridgehead atoms. The van der Waals surface area contributed by atoms with Gasteiger partial charge in [0.1, 0.15) is 11.5 Å². The van der Waals surface area contributed by atoms with Crippen molar-refractivity contribution in [1.29, 1.82) is 0 Å². The fourth-order valence-corrected chi connectivity index (χ4v) is 3.93. The molecule has 1 aliphatic heterocycles. The van der Waals surface area contributed by atoms with Gasteiger partial charge in [-0.15, -0.1) is 0 Å². The van der Waals surface area contributed by atoms with Crippen molar-refractivity contribution in [2.45, 2.75) is 26.2 Å². The Hall–Kier alpha value is -2.62. The summed E-state index contributed by atoms with van der Waals surface area (Å²) in [7, 11) is 0. The Morgan fingerprint density at radius 3 is 2.20 bits per heavy atom. The second kappa shape index (κ2) is 6.36. The number of hydrogen-bond donors (Lipinski definition) is 0. The Morgan fingerprint density at radius 2 is 1.48 bits per heavy atom. The molecular formula is C21H21NO3. The minimum atomic E-state index is -0.142. The third-order valence-corrected chi connectivity index (χ3v) is 5.26. The predicted octanol–water partition coefficient (Wildman–Crippen LogP) is 4.40. The molecule has 1 heterocycles. The summed E-state index contributed by atoms with van der Waals surface area (Å²) in [5, 5.41) is 0. The summed E-state index contributed by atoms with van der Waals surface area (Å²) < 4.78 is 5.77. The molecule has 1 saturated heterocycles. The molecule has 1 aliphatic carbocycles. The normalized spacial score (nSPS) is 25.8. The van der Waals surface area contributed by atoms with Gasteiger partial charge in [0.25, 0.3) is 0 Å². The standard InChI is InChI=1S/C21H21NO3/c1-14-7-12-18-19(13-14)21(24)22(20(18)23)15-8-10-17(11-9-15)25-16-5-3-2-4-6-16/h2-6,8-11,14,18-19H,7,12-13H2,1H3/t14-,18+,19+/m1/s1. The quantitative estimate of drug-likeness (QED) is 0.781. The van der Waals surface area contributed by atoms with Crippen LogP contribution < -0.4 is 9.64 Å². The van der Waals surface area contributed by atoms with Gasteiger partial charge in [0, 0.05) is 0 Å². The van der Waals surface area contributed by atoms with E-state index in [1.807, 2.05) is 30.3 Å². The van der Waals surface area contributed by atoms with E-state index in [9.17, 15) is 9.59 Å². The van der Waals surface area contributed by atoms with Crippen LogP contribution in [-0.4, -0.2) is 11.8 Å². The fourth-order valence-electron chi connectivity index (χ4n) is 3.93. The number of carbonyl (C=O) groups excluding carboxylic acids is 2. The minimum absolute atomic E-state index is 0.0429. The van der Waals surface area contributed by atoms with E-state index in [0.717, 1.165) is 25.0 Å². The lowest BCUT2D eigenvalue weighted by Crippen LogP contribution is -2.30. The smallest absolute Gasteiger partial charge is 0.237 e. The topological polar surface area (TPSA) is 46.6 Å². The van der Waals surface area contributed by atoms with E-state index >= 15 is 0 Å². The predicted molar refractivity (Wildman–Crippen MR) is 95.4 cm³/mol. The largest absolute Gasteiger partial charge is 0.457 e. The molecule has 4 rings (SSSR count). The first-order valence-electron chi connectivity index (χ1n) is 8.84. The minimum Gasteiger partial charge on any atom is -0.457 e. The van der Waals surface area contributed by atoms with Crippen molar-refractivity contribution in [2.75, 3.05) is 4.90 Å². The number of anilines is 1. The van der Waals surface area contributed by atoms with Crippen molar-refractivity contribution in [3.63, 3.8) is 0 Å². The average molecular weight is 335 g/mol. The van der Waals surface area contributed by atoms with Crippen molar-refractivity contribution in [1.82, 2.24) is 0 Å². The molecule has 0 N–H and O–H groups in total. The van der Waals surface area contributed by atoms with Gasteiger partial charge >= 0.3 is 0 Å². The number of para-hydroxylation sites is 1. The maximum Gasteiger partial charge on any atom is 0.237 e. The van der Waals surface area contributed by atoms with E-state index < -0.39 is 0 Å². The van der Waals surface area contributed by atoms with Crippen molar-refractivity contribution in [3.05, 3.63) is 54.6 Å². The Kier molecular flexibility index (Phi) is 4.04. The van der Waals surface area contributed by atoms with Gasteiger partial charge in [0.15, 0.2) is 0 Å². The van der Waals surface area contributed by atoms with Gasteiger partial charge < -0.3 is 4.74 Å². The summed E-state index contributed by atoms with van der Waals surface area (Å²) in [6.45, 7) is 2.16. The van der Waals surface area contributed by atoms with Gasteiger partial charge in [0.2, 0.25) is 11.8 Å². The number of ether oxygens (including phenoxy) is 1. The van der Waals surface area contributed by atoms with Crippen molar-refractivity contribution < 1.29 is 14.3 Å². The second-order valence-electron chi connectivity index (χ2n) is 7.05. The summed E-state index contributed by atoms with van der Waals surface area (Å²) in [4.78, 5) is 26.8. The molecule has 1 saturated carbocycles. The van der Waals surface area contributed by atoms with Gasteiger partial charge in [0.05, 0.1) is 17.5 Å². The van der Waals surface area contributed by atoms with Crippen LogP contribution in [0.4, 0.5) is 5.69 Å². The number of fused-ring (bicyclic) bond motifs is 1. The fraction of sp³-hybridized carbons (Fsp3) is 0.333. The molecule has 3 atom stereocenters. The van der Waals surface area contributed by atoms with Gasteiger partial charge in [-0.2, -0.15) is 0 Å². The lowest BCUT2D eigenvalue weighted by atomic mass is 9.76. The van der Waals surface area contributed by atoms with Crippen LogP contribution >= 0.6 is 0 Å². The third kappa shape index (κ3) is 2.93. The summed E-state index contributed by atoms with van der Waals surface area (Å²) >= 11 is 0. The van der Waals surface area contributed by atoms with E-state index in [4.69, 9.17) is 4.74 Å². The van der Waals surface area contributed by atoms with Crippen LogP contribution in [0.15, 0.2) is 54.6 Å². The van der Waals surface area contributed by atoms with Crippen LogP contribution in [0.5, 0.6) is 11.5 Å². The summed E-state index contributed by atoms with van der Waals surface area (Å²) in [5.74, 6) is 1.58. The molecule has 0 radical (unpaired) electrons. The lowest BCUT2D eigenvalue weighted by Gasteiger charge is -2.25. The van der Waals surface area contributed by atoms with Crippen LogP contribution in [0.3, 0.4) is 0 Å². The zero-order valence-corrected chi connectivity index (χ0v) is 14.2. The van der Waals surface area contributed by atoms with Crippen molar-refractivity contribution >= 4 is 17.5 Å². The van der Waals surface area contributed by atoms with Gasteiger partial charge in [-0.25, -0.2) is 0 Å². The maximum absolute atomic E-state index is 12.7. The number of rotatable bonds is 3. The van der Waals surface area contributed by atoms with E-state index in [1.54, 1.807) is 24.3 Å². The summed E-state index contributed by atoms with van der Waals surface area (Å²) in [6.07, 6.45) is 2.67. The zero-order chi connectivity index (χ0) is 17.4. The lowest BCUT2D eigenvalue weighted by molar-refractivity contribution is -0.122. The van der Waals surface area contributed by atoms with Crippen molar-refractivity contribution in [3.8, 4) is 11.5 Å². The molecule has 2 fully saturated rings. The van der Waals surface area contributed by atoms with E-state index in [-0.39, 0.29) is 23.7 Å². The molecule has 4 heteroatoms. The highest BCUT2D eigenvalue weighted by molar-refractivity contribution is 6.22. The van der Waals surface area contributed by atoms with Gasteiger partial charge in [-0.05, 0) is 61.6 Å². The highest BCUT2D eigenvalue weighted by Gasteiger charge is 2.49. The average Bonchev–Trinajstić information content (AvgIpc) is 2.87. The van der Waals surface area contributed by atoms with Crippen LogP contribution in [-0.2, 0) is 9.59 Å². The highest BCUT2D eigenvalue weighted by Crippen LogP contribution is 2.42. The Balaban J connectivity index is 1.54. The number of carbonyl (C=O) groups is 2. The molecule has 2 amide bonds. The van der Waals surface area contributed by atoms with Crippen molar-refractivity contribution in [2.24, 2.45) is 17.8 Å². The molecule has 128 valence electrons. The molecule has 2 aliphatic rings. The maximum atomic E-state index is 12.7. The van der Waals surface area contributed by atoms with Crippen LogP contribution in [0.2, 0.25) is 0 Å². The van der Waals surface area contributed by atoms with E-state index in [2.05, 4.69) is 6.92 Å². The molecule has 0 unspecified atom stereocenters. The van der Waals surface area contributed by atoms with Gasteiger partial charge in [-0.3, -0.25) is 14.5 Å². The summed E-state index contributed by atoms with van der Waals surface area (Å²) in [6, 6.07) is 16.7. The number of amides is 2. The Labute approximate surface area is 147 Å². The first-order valence-corrected chi connectivity index (χ1v) is 8.84. The highest BCUT2D eigenvalue weighted by atomic mass is 16.5. The van der Waals surface area contributed by atoms with E-state index in [1.165, 1.54) is 4.90 Å². The van der Waals surface area contributed by atoms with Crippen LogP contribution in [0, 0.1) is 17.8 Å². The number of hydrogen-bond acceptors (Lipinski definition) is 3. The first kappa shape index (κ1) is 15.9. The SMILES string of the molecule is C[C@@H]1CC[C@@H]2C(=O)N(c3ccc(Oc4ccccc4)cc3)C(=O)[C@H]2C1. The molecule has 0 spiro atoms. The molecular weight excluding hydrogens is 314 g/mol. The van der Waals surface area contributed by atoms with Crippen LogP contribution in [0.1, 0.15) is 26.2 Å². The third-order valence-electron chi connectivity index (χ3n) is 5.26.